The molecule has 19 heavy (non-hydrogen) atoms. The number of hydrogen-bond acceptors (Lipinski definition) is 4. The molecule has 1 aliphatic rings. The summed E-state index contributed by atoms with van der Waals surface area (Å²) < 4.78 is 5.37. The van der Waals surface area contributed by atoms with Crippen LogP contribution < -0.4 is 5.32 Å². The number of nitrogens with zero attached hydrogens (tertiary/aromatic N) is 1. The molecule has 0 saturated carbocycles. The molecule has 0 aliphatic carbocycles. The van der Waals surface area contributed by atoms with Gasteiger partial charge >= 0.3 is 5.97 Å². The summed E-state index contributed by atoms with van der Waals surface area (Å²) in [6.07, 6.45) is 1.24. The van der Waals surface area contributed by atoms with E-state index in [0.29, 0.717) is 32.8 Å². The number of amides is 1. The molecule has 0 radical (unpaired) electrons. The monoisotopic (exact) mass is 272 g/mol. The number of nitrogens with one attached hydrogen (secondary N) is 1. The molecule has 1 heterocycles. The highest BCUT2D eigenvalue weighted by Gasteiger charge is 2.29. The van der Waals surface area contributed by atoms with E-state index >= 15 is 0 Å². The Morgan fingerprint density at radius 3 is 2.68 bits per heavy atom. The van der Waals surface area contributed by atoms with Crippen LogP contribution in [0.25, 0.3) is 0 Å². The maximum Gasteiger partial charge on any atom is 0.303 e. The van der Waals surface area contributed by atoms with Crippen LogP contribution in [0.3, 0.4) is 0 Å². The third-order valence-corrected chi connectivity index (χ3v) is 2.96. The fraction of sp³-hybridized carbons (Fsp3) is 0.846. The smallest absolute Gasteiger partial charge is 0.303 e. The Hall–Kier alpha value is -1.14. The molecular weight excluding hydrogens is 248 g/mol. The molecule has 1 aliphatic heterocycles. The standard InChI is InChI=1S/C13H24N2O4/c1-10(2)19-5-3-4-14-12(16)9-15-7-11(8-15)6-13(17)18/h10-11H,3-9H2,1-2H3,(H,14,16)(H,17,18). The SMILES string of the molecule is CC(C)OCCCNC(=O)CN1CC(CC(=O)O)C1. The molecule has 6 nitrogen and oxygen atoms in total. The molecule has 0 aromatic rings. The van der Waals surface area contributed by atoms with E-state index in [4.69, 9.17) is 9.84 Å². The zero-order valence-electron chi connectivity index (χ0n) is 11.7. The van der Waals surface area contributed by atoms with Crippen LogP contribution >= 0.6 is 0 Å². The number of carboxylic acid groups (broad SMARTS) is 1. The number of hydrogen-bond donors (Lipinski definition) is 2. The van der Waals surface area contributed by atoms with Crippen molar-refractivity contribution in [3.8, 4) is 0 Å². The second kappa shape index (κ2) is 8.12. The summed E-state index contributed by atoms with van der Waals surface area (Å²) in [6.45, 7) is 7.01. The van der Waals surface area contributed by atoms with E-state index in [1.54, 1.807) is 0 Å². The number of carbonyl (C=O) groups is 2. The highest BCUT2D eigenvalue weighted by molar-refractivity contribution is 5.78. The van der Waals surface area contributed by atoms with Gasteiger partial charge in [-0.3, -0.25) is 14.5 Å². The molecular formula is C13H24N2O4. The molecule has 1 saturated heterocycles. The van der Waals surface area contributed by atoms with Crippen molar-refractivity contribution in [1.82, 2.24) is 10.2 Å². The number of carboxylic acids is 1. The van der Waals surface area contributed by atoms with Gasteiger partial charge in [0.25, 0.3) is 0 Å². The summed E-state index contributed by atoms with van der Waals surface area (Å²) in [5.74, 6) is -0.567. The number of rotatable bonds is 9. The minimum absolute atomic E-state index is 0.00155. The summed E-state index contributed by atoms with van der Waals surface area (Å²) in [7, 11) is 0. The van der Waals surface area contributed by atoms with Gasteiger partial charge in [0.15, 0.2) is 0 Å². The first kappa shape index (κ1) is 15.9. The highest BCUT2D eigenvalue weighted by Crippen LogP contribution is 2.17. The van der Waals surface area contributed by atoms with Crippen LogP contribution in [-0.2, 0) is 14.3 Å². The highest BCUT2D eigenvalue weighted by atomic mass is 16.5. The Morgan fingerprint density at radius 1 is 1.42 bits per heavy atom. The van der Waals surface area contributed by atoms with Crippen molar-refractivity contribution in [2.45, 2.75) is 32.8 Å². The van der Waals surface area contributed by atoms with Crippen molar-refractivity contribution in [1.29, 1.82) is 0 Å². The van der Waals surface area contributed by atoms with Crippen LogP contribution in [0.2, 0.25) is 0 Å². The Bertz CT molecular complexity index is 301. The van der Waals surface area contributed by atoms with E-state index in [1.165, 1.54) is 0 Å². The summed E-state index contributed by atoms with van der Waals surface area (Å²) in [5, 5.41) is 11.4. The Labute approximate surface area is 114 Å². The lowest BCUT2D eigenvalue weighted by molar-refractivity contribution is -0.139. The van der Waals surface area contributed by atoms with E-state index in [-0.39, 0.29) is 24.3 Å². The summed E-state index contributed by atoms with van der Waals surface area (Å²) in [6, 6.07) is 0. The second-order valence-electron chi connectivity index (χ2n) is 5.28. The first-order valence-corrected chi connectivity index (χ1v) is 6.80. The Kier molecular flexibility index (Phi) is 6.80. The first-order valence-electron chi connectivity index (χ1n) is 6.80. The van der Waals surface area contributed by atoms with Gasteiger partial charge in [0.2, 0.25) is 5.91 Å². The number of likely N-dealkylation sites (tertiary alicyclic amines) is 1. The minimum atomic E-state index is -0.765. The maximum atomic E-state index is 11.6. The molecule has 0 spiro atoms. The van der Waals surface area contributed by atoms with Crippen LogP contribution in [-0.4, -0.2) is 60.8 Å². The van der Waals surface area contributed by atoms with Crippen molar-refractivity contribution in [3.63, 3.8) is 0 Å². The zero-order valence-corrected chi connectivity index (χ0v) is 11.7. The van der Waals surface area contributed by atoms with E-state index in [1.807, 2.05) is 18.7 Å². The normalized spacial score (nSPS) is 16.4. The summed E-state index contributed by atoms with van der Waals surface area (Å²) in [5.41, 5.74) is 0. The van der Waals surface area contributed by atoms with Gasteiger partial charge in [-0.1, -0.05) is 0 Å². The predicted molar refractivity (Wildman–Crippen MR) is 70.9 cm³/mol. The van der Waals surface area contributed by atoms with Gasteiger partial charge in [-0.05, 0) is 26.2 Å². The molecule has 0 atom stereocenters. The maximum absolute atomic E-state index is 11.6. The Morgan fingerprint density at radius 2 is 2.11 bits per heavy atom. The van der Waals surface area contributed by atoms with Gasteiger partial charge in [0.05, 0.1) is 19.1 Å². The van der Waals surface area contributed by atoms with Gasteiger partial charge in [0, 0.05) is 26.2 Å². The van der Waals surface area contributed by atoms with Crippen molar-refractivity contribution in [2.24, 2.45) is 5.92 Å². The average Bonchev–Trinajstić information content (AvgIpc) is 2.24. The molecule has 0 aromatic heterocycles. The number of aliphatic carboxylic acids is 1. The lowest BCUT2D eigenvalue weighted by Gasteiger charge is -2.37. The molecule has 0 unspecified atom stereocenters. The third-order valence-electron chi connectivity index (χ3n) is 2.96. The number of ether oxygens (including phenoxy) is 1. The van der Waals surface area contributed by atoms with Crippen LogP contribution in [0, 0.1) is 5.92 Å². The Balaban J connectivity index is 1.96. The molecule has 0 aromatic carbocycles. The van der Waals surface area contributed by atoms with Crippen molar-refractivity contribution in [3.05, 3.63) is 0 Å². The van der Waals surface area contributed by atoms with Gasteiger partial charge in [-0.15, -0.1) is 0 Å². The first-order chi connectivity index (χ1) is 8.97. The molecule has 1 rings (SSSR count). The van der Waals surface area contributed by atoms with Crippen LogP contribution in [0.5, 0.6) is 0 Å². The summed E-state index contributed by atoms with van der Waals surface area (Å²) >= 11 is 0. The minimum Gasteiger partial charge on any atom is -0.481 e. The number of carbonyl (C=O) groups excluding carboxylic acids is 1. The third kappa shape index (κ3) is 7.12. The lowest BCUT2D eigenvalue weighted by Crippen LogP contribution is -2.51. The second-order valence-corrected chi connectivity index (χ2v) is 5.28. The topological polar surface area (TPSA) is 78.9 Å². The molecule has 1 amide bonds. The molecule has 6 heteroatoms. The summed E-state index contributed by atoms with van der Waals surface area (Å²) in [4.78, 5) is 24.0. The molecule has 1 fully saturated rings. The van der Waals surface area contributed by atoms with Crippen molar-refractivity contribution >= 4 is 11.9 Å². The van der Waals surface area contributed by atoms with E-state index in [9.17, 15) is 9.59 Å². The van der Waals surface area contributed by atoms with Gasteiger partial charge in [-0.25, -0.2) is 0 Å². The van der Waals surface area contributed by atoms with Gasteiger partial charge in [0.1, 0.15) is 0 Å². The molecule has 0 bridgehead atoms. The average molecular weight is 272 g/mol. The zero-order chi connectivity index (χ0) is 14.3. The van der Waals surface area contributed by atoms with E-state index in [0.717, 1.165) is 6.42 Å². The quantitative estimate of drug-likeness (QED) is 0.591. The fourth-order valence-corrected chi connectivity index (χ4v) is 2.06. The van der Waals surface area contributed by atoms with Crippen molar-refractivity contribution < 1.29 is 19.4 Å². The lowest BCUT2D eigenvalue weighted by atomic mass is 9.96. The van der Waals surface area contributed by atoms with Crippen molar-refractivity contribution in [2.75, 3.05) is 32.8 Å². The van der Waals surface area contributed by atoms with Crippen LogP contribution in [0.4, 0.5) is 0 Å². The largest absolute Gasteiger partial charge is 0.481 e. The van der Waals surface area contributed by atoms with Crippen LogP contribution in [0.1, 0.15) is 26.7 Å². The molecule has 110 valence electrons. The molecule has 2 N–H and O–H groups in total. The van der Waals surface area contributed by atoms with Crippen LogP contribution in [0.15, 0.2) is 0 Å². The van der Waals surface area contributed by atoms with E-state index in [2.05, 4.69) is 5.32 Å². The van der Waals surface area contributed by atoms with Gasteiger partial charge in [-0.2, -0.15) is 0 Å². The van der Waals surface area contributed by atoms with E-state index < -0.39 is 5.97 Å². The fourth-order valence-electron chi connectivity index (χ4n) is 2.06. The predicted octanol–water partition coefficient (Wildman–Crippen LogP) is 0.324. The van der Waals surface area contributed by atoms with Gasteiger partial charge < -0.3 is 15.2 Å².